The Morgan fingerprint density at radius 3 is 2.45 bits per heavy atom. The molecule has 0 radical (unpaired) electrons. The molecule has 1 heteroatoms. The molecule has 130 valence electrons. The molecule has 1 nitrogen and oxygen atoms in total. The second-order valence-electron chi connectivity index (χ2n) is 10.1. The summed E-state index contributed by atoms with van der Waals surface area (Å²) in [5.41, 5.74) is 0.931. The van der Waals surface area contributed by atoms with Crippen molar-refractivity contribution in [3.63, 3.8) is 0 Å². The second kappa shape index (κ2) is 6.83. The van der Waals surface area contributed by atoms with Crippen molar-refractivity contribution in [2.75, 3.05) is 6.61 Å². The van der Waals surface area contributed by atoms with Crippen LogP contribution >= 0.6 is 0 Å². The third-order valence-corrected chi connectivity index (χ3v) is 7.42. The molecule has 0 aromatic rings. The summed E-state index contributed by atoms with van der Waals surface area (Å²) in [6.45, 7) is 14.9. The highest BCUT2D eigenvalue weighted by Crippen LogP contribution is 2.60. The minimum absolute atomic E-state index is 0.379. The largest absolute Gasteiger partial charge is 0.396 e. The number of fused-ring (bicyclic) bond motifs is 1. The molecule has 2 saturated carbocycles. The summed E-state index contributed by atoms with van der Waals surface area (Å²) in [4.78, 5) is 0. The van der Waals surface area contributed by atoms with Gasteiger partial charge in [-0.05, 0) is 72.5 Å². The summed E-state index contributed by atoms with van der Waals surface area (Å²) in [6, 6.07) is 0. The quantitative estimate of drug-likeness (QED) is 0.669. The topological polar surface area (TPSA) is 20.2 Å². The molecule has 0 aliphatic heterocycles. The van der Waals surface area contributed by atoms with Crippen LogP contribution < -0.4 is 0 Å². The lowest BCUT2D eigenvalue weighted by Gasteiger charge is -2.47. The van der Waals surface area contributed by atoms with Crippen molar-refractivity contribution in [1.29, 1.82) is 0 Å². The SMILES string of the molecule is C[C@H](C(CO)CCC(C)(C)C)C1CCC2[C@@H](C)CCC[C@]12C. The molecule has 0 saturated heterocycles. The summed E-state index contributed by atoms with van der Waals surface area (Å²) in [6.07, 6.45) is 9.54. The van der Waals surface area contributed by atoms with Crippen molar-refractivity contribution in [3.8, 4) is 0 Å². The predicted molar refractivity (Wildman–Crippen MR) is 95.8 cm³/mol. The Labute approximate surface area is 139 Å². The molecule has 1 N–H and O–H groups in total. The smallest absolute Gasteiger partial charge is 0.0461 e. The highest BCUT2D eigenvalue weighted by Gasteiger charge is 2.52. The van der Waals surface area contributed by atoms with Crippen LogP contribution in [0.15, 0.2) is 0 Å². The van der Waals surface area contributed by atoms with E-state index in [1.54, 1.807) is 0 Å². The molecular weight excluding hydrogens is 268 g/mol. The zero-order valence-electron chi connectivity index (χ0n) is 16.0. The van der Waals surface area contributed by atoms with E-state index in [9.17, 15) is 5.11 Å². The summed E-state index contributed by atoms with van der Waals surface area (Å²) in [7, 11) is 0. The van der Waals surface area contributed by atoms with E-state index in [0.29, 0.717) is 29.3 Å². The molecule has 2 rings (SSSR count). The minimum atomic E-state index is 0.379. The highest BCUT2D eigenvalue weighted by atomic mass is 16.3. The highest BCUT2D eigenvalue weighted by molar-refractivity contribution is 5.01. The molecule has 3 unspecified atom stereocenters. The van der Waals surface area contributed by atoms with Crippen molar-refractivity contribution >= 4 is 0 Å². The molecule has 0 heterocycles. The fraction of sp³-hybridized carbons (Fsp3) is 1.00. The van der Waals surface area contributed by atoms with Crippen LogP contribution in [0.5, 0.6) is 0 Å². The first-order valence-electron chi connectivity index (χ1n) is 9.80. The fourth-order valence-electron chi connectivity index (χ4n) is 5.94. The van der Waals surface area contributed by atoms with Gasteiger partial charge in [0.1, 0.15) is 0 Å². The van der Waals surface area contributed by atoms with Crippen LogP contribution in [0.4, 0.5) is 0 Å². The lowest BCUT2D eigenvalue weighted by atomic mass is 9.58. The van der Waals surface area contributed by atoms with Gasteiger partial charge in [0, 0.05) is 6.61 Å². The van der Waals surface area contributed by atoms with Gasteiger partial charge in [-0.15, -0.1) is 0 Å². The summed E-state index contributed by atoms with van der Waals surface area (Å²) >= 11 is 0. The Bertz CT molecular complexity index is 355. The van der Waals surface area contributed by atoms with Crippen LogP contribution in [0.3, 0.4) is 0 Å². The number of hydrogen-bond donors (Lipinski definition) is 1. The molecule has 2 aliphatic carbocycles. The number of aliphatic hydroxyl groups excluding tert-OH is 1. The molecule has 2 fully saturated rings. The van der Waals surface area contributed by atoms with Gasteiger partial charge in [-0.25, -0.2) is 0 Å². The number of hydrogen-bond acceptors (Lipinski definition) is 1. The van der Waals surface area contributed by atoms with Crippen molar-refractivity contribution in [2.45, 2.75) is 86.5 Å². The van der Waals surface area contributed by atoms with Crippen molar-refractivity contribution in [3.05, 3.63) is 0 Å². The maximum atomic E-state index is 9.99. The van der Waals surface area contributed by atoms with Gasteiger partial charge in [-0.3, -0.25) is 0 Å². The Morgan fingerprint density at radius 2 is 1.86 bits per heavy atom. The Kier molecular flexibility index (Phi) is 5.68. The van der Waals surface area contributed by atoms with Gasteiger partial charge >= 0.3 is 0 Å². The van der Waals surface area contributed by atoms with Gasteiger partial charge < -0.3 is 5.11 Å². The van der Waals surface area contributed by atoms with Gasteiger partial charge in [0.2, 0.25) is 0 Å². The summed E-state index contributed by atoms with van der Waals surface area (Å²) < 4.78 is 0. The average molecular weight is 309 g/mol. The van der Waals surface area contributed by atoms with Gasteiger partial charge in [-0.1, -0.05) is 54.4 Å². The Hall–Kier alpha value is -0.0400. The molecule has 22 heavy (non-hydrogen) atoms. The third kappa shape index (κ3) is 3.71. The first kappa shape index (κ1) is 18.3. The first-order chi connectivity index (χ1) is 10.2. The zero-order valence-corrected chi connectivity index (χ0v) is 16.0. The van der Waals surface area contributed by atoms with E-state index in [1.165, 1.54) is 44.9 Å². The molecule has 0 aromatic heterocycles. The van der Waals surface area contributed by atoms with Gasteiger partial charge in [0.15, 0.2) is 0 Å². The van der Waals surface area contributed by atoms with Crippen LogP contribution in [-0.2, 0) is 0 Å². The lowest BCUT2D eigenvalue weighted by molar-refractivity contribution is 0.0103. The van der Waals surface area contributed by atoms with Crippen LogP contribution in [0.25, 0.3) is 0 Å². The fourth-order valence-corrected chi connectivity index (χ4v) is 5.94. The number of aliphatic hydroxyl groups is 1. The monoisotopic (exact) mass is 308 g/mol. The molecule has 0 spiro atoms. The Morgan fingerprint density at radius 1 is 1.18 bits per heavy atom. The minimum Gasteiger partial charge on any atom is -0.396 e. The van der Waals surface area contributed by atoms with Gasteiger partial charge in [-0.2, -0.15) is 0 Å². The van der Waals surface area contributed by atoms with Crippen LogP contribution in [0.2, 0.25) is 0 Å². The van der Waals surface area contributed by atoms with Crippen molar-refractivity contribution in [2.24, 2.45) is 40.4 Å². The van der Waals surface area contributed by atoms with Crippen molar-refractivity contribution < 1.29 is 5.11 Å². The van der Waals surface area contributed by atoms with E-state index in [4.69, 9.17) is 0 Å². The molecule has 0 aromatic carbocycles. The predicted octanol–water partition coefficient (Wildman–Crippen LogP) is 5.91. The third-order valence-electron chi connectivity index (χ3n) is 7.42. The molecule has 6 atom stereocenters. The van der Waals surface area contributed by atoms with E-state index in [1.807, 2.05) is 0 Å². The van der Waals surface area contributed by atoms with Crippen LogP contribution in [0.1, 0.15) is 86.5 Å². The summed E-state index contributed by atoms with van der Waals surface area (Å²) in [5, 5.41) is 9.99. The molecular formula is C21H40O. The van der Waals surface area contributed by atoms with Gasteiger partial charge in [0.05, 0.1) is 0 Å². The van der Waals surface area contributed by atoms with E-state index in [-0.39, 0.29) is 0 Å². The normalized spacial score (nSPS) is 38.6. The van der Waals surface area contributed by atoms with Crippen molar-refractivity contribution in [1.82, 2.24) is 0 Å². The number of rotatable bonds is 5. The van der Waals surface area contributed by atoms with E-state index < -0.39 is 0 Å². The molecule has 0 bridgehead atoms. The molecule has 2 aliphatic rings. The average Bonchev–Trinajstić information content (AvgIpc) is 2.76. The molecule has 0 amide bonds. The first-order valence-corrected chi connectivity index (χ1v) is 9.80. The van der Waals surface area contributed by atoms with Crippen LogP contribution in [0, 0.1) is 40.4 Å². The second-order valence-corrected chi connectivity index (χ2v) is 10.1. The van der Waals surface area contributed by atoms with Crippen LogP contribution in [-0.4, -0.2) is 11.7 Å². The maximum absolute atomic E-state index is 9.99. The standard InChI is InChI=1S/C21H40O/c1-15-8-7-12-21(6)18(15)9-10-19(21)16(2)17(14-22)11-13-20(3,4)5/h15-19,22H,7-14H2,1-6H3/t15-,16+,17?,18?,19?,21-/m0/s1. The van der Waals surface area contributed by atoms with E-state index >= 15 is 0 Å². The summed E-state index contributed by atoms with van der Waals surface area (Å²) in [5.74, 6) is 3.86. The maximum Gasteiger partial charge on any atom is 0.0461 e. The van der Waals surface area contributed by atoms with E-state index in [0.717, 1.165) is 17.8 Å². The Balaban J connectivity index is 2.05. The van der Waals surface area contributed by atoms with E-state index in [2.05, 4.69) is 41.5 Å². The zero-order chi connectivity index (χ0) is 16.5. The van der Waals surface area contributed by atoms with Gasteiger partial charge in [0.25, 0.3) is 0 Å². The lowest BCUT2D eigenvalue weighted by Crippen LogP contribution is -2.40.